The Kier molecular flexibility index (Phi) is 3.74. The van der Waals surface area contributed by atoms with E-state index in [1.165, 1.54) is 17.3 Å². The molecular formula is C14H15N5OS. The van der Waals surface area contributed by atoms with Crippen molar-refractivity contribution >= 4 is 22.8 Å². The molecule has 1 amide bonds. The van der Waals surface area contributed by atoms with E-state index in [1.54, 1.807) is 4.68 Å². The fourth-order valence-corrected chi connectivity index (χ4v) is 2.76. The average Bonchev–Trinajstić information content (AvgIpc) is 3.09. The van der Waals surface area contributed by atoms with Crippen LogP contribution in [0.15, 0.2) is 29.3 Å². The predicted octanol–water partition coefficient (Wildman–Crippen LogP) is 1.72. The molecule has 1 aromatic carbocycles. The minimum Gasteiger partial charge on any atom is -0.300 e. The maximum absolute atomic E-state index is 12.2. The van der Waals surface area contributed by atoms with Gasteiger partial charge in [0.2, 0.25) is 0 Å². The first-order chi connectivity index (χ1) is 10.1. The molecule has 108 valence electrons. The number of thioether (sulfide) groups is 1. The van der Waals surface area contributed by atoms with Gasteiger partial charge < -0.3 is 0 Å². The van der Waals surface area contributed by atoms with Crippen LogP contribution in [0.2, 0.25) is 0 Å². The number of amidine groups is 1. The second-order valence-corrected chi connectivity index (χ2v) is 5.84. The molecule has 2 aromatic rings. The summed E-state index contributed by atoms with van der Waals surface area (Å²) in [5, 5.41) is 11.5. The third-order valence-corrected chi connectivity index (χ3v) is 4.09. The van der Waals surface area contributed by atoms with E-state index in [9.17, 15) is 4.79 Å². The molecule has 0 atom stereocenters. The van der Waals surface area contributed by atoms with Crippen molar-refractivity contribution in [2.75, 3.05) is 12.3 Å². The van der Waals surface area contributed by atoms with Crippen molar-refractivity contribution in [1.82, 2.24) is 20.3 Å². The van der Waals surface area contributed by atoms with E-state index in [4.69, 9.17) is 0 Å². The Morgan fingerprint density at radius 3 is 2.71 bits per heavy atom. The van der Waals surface area contributed by atoms with Crippen LogP contribution in [0.5, 0.6) is 0 Å². The third-order valence-electron chi connectivity index (χ3n) is 3.19. The highest BCUT2D eigenvalue weighted by Gasteiger charge is 2.19. The molecule has 6 nitrogen and oxygen atoms in total. The summed E-state index contributed by atoms with van der Waals surface area (Å²) in [5.41, 5.74) is 3.09. The van der Waals surface area contributed by atoms with Crippen molar-refractivity contribution < 1.29 is 4.79 Å². The van der Waals surface area contributed by atoms with Crippen LogP contribution in [0.4, 0.5) is 0 Å². The first-order valence-electron chi connectivity index (χ1n) is 6.63. The number of aliphatic imine (C=N–C) groups is 1. The number of hydrogen-bond donors (Lipinski definition) is 1. The molecule has 21 heavy (non-hydrogen) atoms. The fraction of sp³-hybridized carbons (Fsp3) is 0.286. The summed E-state index contributed by atoms with van der Waals surface area (Å²) in [7, 11) is 0. The van der Waals surface area contributed by atoms with Crippen LogP contribution in [0.25, 0.3) is 5.69 Å². The van der Waals surface area contributed by atoms with E-state index >= 15 is 0 Å². The van der Waals surface area contributed by atoms with Gasteiger partial charge in [0.1, 0.15) is 0 Å². The largest absolute Gasteiger partial charge is 0.300 e. The topological polar surface area (TPSA) is 72.2 Å². The van der Waals surface area contributed by atoms with Gasteiger partial charge in [0.05, 0.1) is 17.9 Å². The van der Waals surface area contributed by atoms with Gasteiger partial charge in [0, 0.05) is 5.75 Å². The zero-order valence-electron chi connectivity index (χ0n) is 11.8. The Labute approximate surface area is 126 Å². The number of nitrogens with one attached hydrogen (secondary N) is 1. The van der Waals surface area contributed by atoms with Crippen LogP contribution >= 0.6 is 11.8 Å². The van der Waals surface area contributed by atoms with Crippen LogP contribution in [0.3, 0.4) is 0 Å². The standard InChI is InChI=1S/C14H15N5OS/c1-9-3-5-11(6-4-9)19-10(2)12(17-18-19)13(20)16-14-15-7-8-21-14/h3-6H,7-8H2,1-2H3,(H,15,16,20). The van der Waals surface area contributed by atoms with E-state index in [2.05, 4.69) is 20.6 Å². The highest BCUT2D eigenvalue weighted by Crippen LogP contribution is 2.14. The lowest BCUT2D eigenvalue weighted by Gasteiger charge is -2.04. The normalized spacial score (nSPS) is 14.1. The van der Waals surface area contributed by atoms with Crippen molar-refractivity contribution in [2.45, 2.75) is 13.8 Å². The third kappa shape index (κ3) is 2.82. The lowest BCUT2D eigenvalue weighted by atomic mass is 10.2. The molecule has 0 bridgehead atoms. The van der Waals surface area contributed by atoms with Crippen LogP contribution in [-0.2, 0) is 0 Å². The van der Waals surface area contributed by atoms with Crippen molar-refractivity contribution in [3.63, 3.8) is 0 Å². The van der Waals surface area contributed by atoms with Gasteiger partial charge in [-0.2, -0.15) is 0 Å². The number of benzene rings is 1. The molecule has 0 spiro atoms. The smallest absolute Gasteiger partial charge is 0.279 e. The monoisotopic (exact) mass is 301 g/mol. The molecule has 3 rings (SSSR count). The number of rotatable bonds is 2. The quantitative estimate of drug-likeness (QED) is 0.916. The number of aromatic nitrogens is 3. The SMILES string of the molecule is Cc1ccc(-n2nnc(C(=O)NC3=NCCS3)c2C)cc1. The summed E-state index contributed by atoms with van der Waals surface area (Å²) in [6.45, 7) is 4.60. The zero-order valence-corrected chi connectivity index (χ0v) is 12.6. The Morgan fingerprint density at radius 1 is 1.29 bits per heavy atom. The highest BCUT2D eigenvalue weighted by atomic mass is 32.2. The Bertz CT molecular complexity index is 705. The van der Waals surface area contributed by atoms with Crippen LogP contribution in [-0.4, -0.2) is 38.4 Å². The fourth-order valence-electron chi connectivity index (χ4n) is 2.04. The number of carbonyl (C=O) groups is 1. The van der Waals surface area contributed by atoms with Crippen molar-refractivity contribution in [3.8, 4) is 5.69 Å². The molecule has 0 aliphatic carbocycles. The molecule has 1 aliphatic rings. The van der Waals surface area contributed by atoms with Gasteiger partial charge in [0.25, 0.3) is 5.91 Å². The number of amides is 1. The maximum atomic E-state index is 12.2. The highest BCUT2D eigenvalue weighted by molar-refractivity contribution is 8.14. The molecule has 1 aliphatic heterocycles. The van der Waals surface area contributed by atoms with E-state index in [0.29, 0.717) is 16.6 Å². The lowest BCUT2D eigenvalue weighted by Crippen LogP contribution is -2.28. The van der Waals surface area contributed by atoms with Gasteiger partial charge >= 0.3 is 0 Å². The molecule has 1 N–H and O–H groups in total. The first-order valence-corrected chi connectivity index (χ1v) is 7.61. The summed E-state index contributed by atoms with van der Waals surface area (Å²) < 4.78 is 1.66. The van der Waals surface area contributed by atoms with E-state index in [-0.39, 0.29) is 5.91 Å². The molecule has 0 radical (unpaired) electrons. The zero-order chi connectivity index (χ0) is 14.8. The minimum absolute atomic E-state index is 0.265. The molecule has 0 saturated heterocycles. The summed E-state index contributed by atoms with van der Waals surface area (Å²) in [5.74, 6) is 0.643. The first kappa shape index (κ1) is 13.8. The van der Waals surface area contributed by atoms with Crippen molar-refractivity contribution in [1.29, 1.82) is 0 Å². The minimum atomic E-state index is -0.265. The second kappa shape index (κ2) is 5.69. The molecule has 2 heterocycles. The number of carbonyl (C=O) groups excluding carboxylic acids is 1. The van der Waals surface area contributed by atoms with Gasteiger partial charge in [-0.1, -0.05) is 34.7 Å². The molecule has 0 saturated carbocycles. The van der Waals surface area contributed by atoms with Crippen LogP contribution in [0, 0.1) is 13.8 Å². The Hall–Kier alpha value is -2.15. The molecule has 7 heteroatoms. The molecule has 1 aromatic heterocycles. The predicted molar refractivity (Wildman–Crippen MR) is 83.1 cm³/mol. The molecular weight excluding hydrogens is 286 g/mol. The van der Waals surface area contributed by atoms with Crippen molar-refractivity contribution in [3.05, 3.63) is 41.2 Å². The molecule has 0 unspecified atom stereocenters. The van der Waals surface area contributed by atoms with E-state index in [1.807, 2.05) is 38.1 Å². The van der Waals surface area contributed by atoms with Gasteiger partial charge in [-0.3, -0.25) is 15.1 Å². The van der Waals surface area contributed by atoms with Crippen molar-refractivity contribution in [2.24, 2.45) is 4.99 Å². The van der Waals surface area contributed by atoms with Gasteiger partial charge in [-0.05, 0) is 26.0 Å². The number of hydrogen-bond acceptors (Lipinski definition) is 5. The summed E-state index contributed by atoms with van der Waals surface area (Å²) in [4.78, 5) is 16.4. The Balaban J connectivity index is 1.84. The number of aryl methyl sites for hydroxylation is 1. The summed E-state index contributed by atoms with van der Waals surface area (Å²) in [6.07, 6.45) is 0. The second-order valence-electron chi connectivity index (χ2n) is 4.76. The summed E-state index contributed by atoms with van der Waals surface area (Å²) in [6, 6.07) is 7.91. The van der Waals surface area contributed by atoms with Crippen LogP contribution in [0.1, 0.15) is 21.7 Å². The lowest BCUT2D eigenvalue weighted by molar-refractivity contribution is 0.0972. The van der Waals surface area contributed by atoms with Crippen LogP contribution < -0.4 is 5.32 Å². The average molecular weight is 301 g/mol. The Morgan fingerprint density at radius 2 is 2.05 bits per heavy atom. The van der Waals surface area contributed by atoms with Gasteiger partial charge in [0.15, 0.2) is 10.9 Å². The molecule has 0 fully saturated rings. The van der Waals surface area contributed by atoms with E-state index < -0.39 is 0 Å². The van der Waals surface area contributed by atoms with E-state index in [0.717, 1.165) is 18.0 Å². The number of nitrogens with zero attached hydrogens (tertiary/aromatic N) is 4. The van der Waals surface area contributed by atoms with Gasteiger partial charge in [-0.15, -0.1) is 5.10 Å². The van der Waals surface area contributed by atoms with Gasteiger partial charge in [-0.25, -0.2) is 4.68 Å². The summed E-state index contributed by atoms with van der Waals surface area (Å²) >= 11 is 1.54. The maximum Gasteiger partial charge on any atom is 0.279 e.